The van der Waals surface area contributed by atoms with Gasteiger partial charge in [-0.05, 0) is 25.7 Å². The second-order valence-corrected chi connectivity index (χ2v) is 7.01. The number of amides is 1. The van der Waals surface area contributed by atoms with E-state index in [-0.39, 0.29) is 11.9 Å². The normalized spacial score (nSPS) is 15.9. The van der Waals surface area contributed by atoms with Crippen molar-refractivity contribution in [3.05, 3.63) is 32.2 Å². The van der Waals surface area contributed by atoms with Gasteiger partial charge in [0.25, 0.3) is 5.91 Å². The Morgan fingerprint density at radius 2 is 2.24 bits per heavy atom. The van der Waals surface area contributed by atoms with Crippen LogP contribution in [0.3, 0.4) is 0 Å². The first-order chi connectivity index (χ1) is 10.2. The number of methoxy groups -OCH3 is 1. The second kappa shape index (κ2) is 6.21. The molecule has 2 aromatic rings. The lowest BCUT2D eigenvalue weighted by atomic mass is 10.2. The predicted molar refractivity (Wildman–Crippen MR) is 82.6 cm³/mol. The Hall–Kier alpha value is -1.31. The van der Waals surface area contributed by atoms with Crippen LogP contribution < -0.4 is 5.32 Å². The standard InChI is InChI=1S/C14H17N3O2S2/c1-8-6-21-14(15-8)12(9-3-4-9)17-13(18)10-7-20-11(16-10)5-19-2/h6-7,9,12H,3-5H2,1-2H3,(H,17,18). The molecule has 112 valence electrons. The quantitative estimate of drug-likeness (QED) is 0.888. The van der Waals surface area contributed by atoms with Crippen molar-refractivity contribution >= 4 is 28.6 Å². The molecule has 21 heavy (non-hydrogen) atoms. The summed E-state index contributed by atoms with van der Waals surface area (Å²) >= 11 is 3.06. The van der Waals surface area contributed by atoms with Crippen LogP contribution in [-0.2, 0) is 11.3 Å². The Morgan fingerprint density at radius 3 is 2.86 bits per heavy atom. The van der Waals surface area contributed by atoms with Gasteiger partial charge in [0.15, 0.2) is 0 Å². The minimum absolute atomic E-state index is 0.0174. The van der Waals surface area contributed by atoms with Crippen molar-refractivity contribution in [2.45, 2.75) is 32.4 Å². The minimum Gasteiger partial charge on any atom is -0.378 e. The Balaban J connectivity index is 1.71. The third kappa shape index (κ3) is 3.48. The summed E-state index contributed by atoms with van der Waals surface area (Å²) in [5, 5.41) is 8.71. The summed E-state index contributed by atoms with van der Waals surface area (Å²) in [5.41, 5.74) is 1.47. The molecule has 3 rings (SSSR count). The van der Waals surface area contributed by atoms with Gasteiger partial charge in [-0.15, -0.1) is 22.7 Å². The average molecular weight is 323 g/mol. The fourth-order valence-electron chi connectivity index (χ4n) is 2.15. The number of rotatable bonds is 6. The molecule has 1 amide bonds. The van der Waals surface area contributed by atoms with E-state index in [0.717, 1.165) is 28.6 Å². The van der Waals surface area contributed by atoms with Crippen LogP contribution in [0, 0.1) is 12.8 Å². The highest BCUT2D eigenvalue weighted by molar-refractivity contribution is 7.10. The summed E-state index contributed by atoms with van der Waals surface area (Å²) < 4.78 is 5.03. The Kier molecular flexibility index (Phi) is 4.32. The van der Waals surface area contributed by atoms with Crippen molar-refractivity contribution in [2.75, 3.05) is 7.11 Å². The highest BCUT2D eigenvalue weighted by atomic mass is 32.1. The molecular weight excluding hydrogens is 306 g/mol. The summed E-state index contributed by atoms with van der Waals surface area (Å²) in [6.45, 7) is 2.42. The van der Waals surface area contributed by atoms with Gasteiger partial charge in [-0.25, -0.2) is 9.97 Å². The molecule has 5 nitrogen and oxygen atoms in total. The van der Waals surface area contributed by atoms with E-state index in [0.29, 0.717) is 18.2 Å². The van der Waals surface area contributed by atoms with Crippen LogP contribution in [0.2, 0.25) is 0 Å². The van der Waals surface area contributed by atoms with Crippen LogP contribution in [-0.4, -0.2) is 23.0 Å². The molecule has 1 fully saturated rings. The zero-order valence-electron chi connectivity index (χ0n) is 12.0. The van der Waals surface area contributed by atoms with Gasteiger partial charge in [0.1, 0.15) is 15.7 Å². The number of carbonyl (C=O) groups is 1. The highest BCUT2D eigenvalue weighted by Gasteiger charge is 2.35. The third-order valence-corrected chi connectivity index (χ3v) is 5.20. The smallest absolute Gasteiger partial charge is 0.271 e. The number of thiazole rings is 2. The van der Waals surface area contributed by atoms with E-state index >= 15 is 0 Å². The molecule has 1 aliphatic carbocycles. The lowest BCUT2D eigenvalue weighted by molar-refractivity contribution is 0.0926. The molecule has 7 heteroatoms. The maximum atomic E-state index is 12.4. The first-order valence-electron chi connectivity index (χ1n) is 6.83. The fourth-order valence-corrected chi connectivity index (χ4v) is 3.83. The molecular formula is C14H17N3O2S2. The average Bonchev–Trinajstić information content (AvgIpc) is 3.04. The van der Waals surface area contributed by atoms with E-state index < -0.39 is 0 Å². The number of carbonyl (C=O) groups excluding carboxylic acids is 1. The molecule has 0 radical (unpaired) electrons. The summed E-state index contributed by atoms with van der Waals surface area (Å²) in [7, 11) is 1.62. The SMILES string of the molecule is COCc1nc(C(=O)NC(c2nc(C)cs2)C2CC2)cs1. The summed E-state index contributed by atoms with van der Waals surface area (Å²) in [4.78, 5) is 21.2. The molecule has 1 saturated carbocycles. The van der Waals surface area contributed by atoms with Crippen LogP contribution in [0.4, 0.5) is 0 Å². The lowest BCUT2D eigenvalue weighted by Crippen LogP contribution is -2.30. The van der Waals surface area contributed by atoms with Gasteiger partial charge in [-0.1, -0.05) is 0 Å². The van der Waals surface area contributed by atoms with Gasteiger partial charge in [-0.3, -0.25) is 4.79 Å². The molecule has 1 N–H and O–H groups in total. The van der Waals surface area contributed by atoms with Crippen LogP contribution in [0.25, 0.3) is 0 Å². The van der Waals surface area contributed by atoms with Crippen LogP contribution in [0.15, 0.2) is 10.8 Å². The predicted octanol–water partition coefficient (Wildman–Crippen LogP) is 2.94. The first-order valence-corrected chi connectivity index (χ1v) is 8.59. The number of ether oxygens (including phenoxy) is 1. The van der Waals surface area contributed by atoms with Crippen molar-refractivity contribution in [3.8, 4) is 0 Å². The van der Waals surface area contributed by atoms with Crippen LogP contribution in [0.1, 0.15) is 45.1 Å². The molecule has 0 saturated heterocycles. The van der Waals surface area contributed by atoms with E-state index in [1.165, 1.54) is 11.3 Å². The summed E-state index contributed by atoms with van der Waals surface area (Å²) in [6, 6.07) is 0.0174. The number of nitrogens with one attached hydrogen (secondary N) is 1. The highest BCUT2D eigenvalue weighted by Crippen LogP contribution is 2.42. The summed E-state index contributed by atoms with van der Waals surface area (Å²) in [5.74, 6) is 0.384. The Labute approximate surface area is 131 Å². The van der Waals surface area contributed by atoms with Gasteiger partial charge in [0.05, 0.1) is 12.6 Å². The van der Waals surface area contributed by atoms with Gasteiger partial charge >= 0.3 is 0 Å². The monoisotopic (exact) mass is 323 g/mol. The van der Waals surface area contributed by atoms with Crippen LogP contribution >= 0.6 is 22.7 Å². The lowest BCUT2D eigenvalue weighted by Gasteiger charge is -2.14. The number of hydrogen-bond donors (Lipinski definition) is 1. The minimum atomic E-state index is -0.127. The van der Waals surface area contributed by atoms with Gasteiger partial charge in [-0.2, -0.15) is 0 Å². The molecule has 0 aromatic carbocycles. The molecule has 0 bridgehead atoms. The summed E-state index contributed by atoms with van der Waals surface area (Å²) in [6.07, 6.45) is 2.30. The Morgan fingerprint density at radius 1 is 1.43 bits per heavy atom. The molecule has 1 unspecified atom stereocenters. The fraction of sp³-hybridized carbons (Fsp3) is 0.500. The van der Waals surface area contributed by atoms with Gasteiger partial charge < -0.3 is 10.1 Å². The van der Waals surface area contributed by atoms with Crippen molar-refractivity contribution in [2.24, 2.45) is 5.92 Å². The number of hydrogen-bond acceptors (Lipinski definition) is 6. The zero-order valence-corrected chi connectivity index (χ0v) is 13.6. The zero-order chi connectivity index (χ0) is 14.8. The first kappa shape index (κ1) is 14.6. The molecule has 2 aromatic heterocycles. The van der Waals surface area contributed by atoms with Crippen molar-refractivity contribution < 1.29 is 9.53 Å². The topological polar surface area (TPSA) is 64.1 Å². The van der Waals surface area contributed by atoms with E-state index in [1.807, 2.05) is 12.3 Å². The molecule has 0 aliphatic heterocycles. The second-order valence-electron chi connectivity index (χ2n) is 5.18. The van der Waals surface area contributed by atoms with Crippen molar-refractivity contribution in [3.63, 3.8) is 0 Å². The van der Waals surface area contributed by atoms with Gasteiger partial charge in [0.2, 0.25) is 0 Å². The Bertz CT molecular complexity index is 634. The largest absolute Gasteiger partial charge is 0.378 e. The van der Waals surface area contributed by atoms with Crippen molar-refractivity contribution in [1.29, 1.82) is 0 Å². The van der Waals surface area contributed by atoms with E-state index in [9.17, 15) is 4.79 Å². The maximum Gasteiger partial charge on any atom is 0.271 e. The number of nitrogens with zero attached hydrogens (tertiary/aromatic N) is 2. The van der Waals surface area contributed by atoms with Crippen LogP contribution in [0.5, 0.6) is 0 Å². The third-order valence-electron chi connectivity index (χ3n) is 3.34. The maximum absolute atomic E-state index is 12.4. The molecule has 0 spiro atoms. The van der Waals surface area contributed by atoms with Crippen molar-refractivity contribution in [1.82, 2.24) is 15.3 Å². The van der Waals surface area contributed by atoms with E-state index in [2.05, 4.69) is 15.3 Å². The van der Waals surface area contributed by atoms with Gasteiger partial charge in [0, 0.05) is 23.6 Å². The molecule has 1 atom stereocenters. The molecule has 2 heterocycles. The van der Waals surface area contributed by atoms with E-state index in [1.54, 1.807) is 23.8 Å². The number of aromatic nitrogens is 2. The number of aryl methyl sites for hydroxylation is 1. The molecule has 1 aliphatic rings. The van der Waals surface area contributed by atoms with E-state index in [4.69, 9.17) is 4.74 Å².